The summed E-state index contributed by atoms with van der Waals surface area (Å²) < 4.78 is 19.3. The topological polar surface area (TPSA) is 71.0 Å². The fraction of sp³-hybridized carbons (Fsp3) is 0. The zero-order valence-electron chi connectivity index (χ0n) is 58.8. The predicted molar refractivity (Wildman–Crippen MR) is 460 cm³/mol. The number of hydrogen-bond acceptors (Lipinski definition) is 6. The summed E-state index contributed by atoms with van der Waals surface area (Å²) >= 11 is 3.66. The second-order valence-corrected chi connectivity index (χ2v) is 30.4. The van der Waals surface area contributed by atoms with Crippen LogP contribution in [0.3, 0.4) is 0 Å². The van der Waals surface area contributed by atoms with E-state index in [1.165, 1.54) is 46.8 Å². The van der Waals surface area contributed by atoms with Gasteiger partial charge in [-0.05, 0) is 136 Å². The van der Waals surface area contributed by atoms with Crippen molar-refractivity contribution in [3.05, 3.63) is 357 Å². The van der Waals surface area contributed by atoms with Gasteiger partial charge in [0.15, 0.2) is 17.5 Å². The number of hydrogen-bond donors (Lipinski definition) is 0. The van der Waals surface area contributed by atoms with Crippen LogP contribution in [0.5, 0.6) is 0 Å². The number of nitrogens with zero attached hydrogens (tertiary/aromatic N) is 7. The zero-order chi connectivity index (χ0) is 72.2. The molecule has 0 amide bonds. The van der Waals surface area contributed by atoms with E-state index in [4.69, 9.17) is 24.2 Å². The van der Waals surface area contributed by atoms with Gasteiger partial charge in [-0.2, -0.15) is 0 Å². The first kappa shape index (κ1) is 61.9. The summed E-state index contributed by atoms with van der Waals surface area (Å²) in [5.74, 6) is 1.39. The van der Waals surface area contributed by atoms with Crippen LogP contribution in [0.25, 0.3) is 228 Å². The predicted octanol–water partition coefficient (Wildman–Crippen LogP) is 28.0. The lowest BCUT2D eigenvalue weighted by Crippen LogP contribution is -2.12. The van der Waals surface area contributed by atoms with Crippen molar-refractivity contribution < 1.29 is 4.42 Å². The summed E-state index contributed by atoms with van der Waals surface area (Å²) in [6, 6.07) is 124. The van der Waals surface area contributed by atoms with Crippen LogP contribution >= 0.6 is 22.7 Å². The highest BCUT2D eigenvalue weighted by atomic mass is 32.1. The molecule has 7 aromatic heterocycles. The van der Waals surface area contributed by atoms with Gasteiger partial charge in [0.2, 0.25) is 5.69 Å². The number of thiophene rings is 2. The highest BCUT2D eigenvalue weighted by Gasteiger charge is 2.34. The van der Waals surface area contributed by atoms with E-state index in [-0.39, 0.29) is 0 Å². The minimum atomic E-state index is 0.389. The van der Waals surface area contributed by atoms with Crippen molar-refractivity contribution in [3.8, 4) is 95.7 Å². The molecule has 0 bridgehead atoms. The first-order chi connectivity index (χ1) is 54.5. The van der Waals surface area contributed by atoms with Gasteiger partial charge in [0.1, 0.15) is 11.2 Å². The molecule has 0 saturated heterocycles. The Balaban J connectivity index is 0.945. The Morgan fingerprint density at radius 2 is 0.636 bits per heavy atom. The van der Waals surface area contributed by atoms with Crippen LogP contribution in [-0.4, -0.2) is 28.7 Å². The maximum absolute atomic E-state index is 10.1. The number of aromatic nitrogens is 6. The molecule has 7 heterocycles. The maximum Gasteiger partial charge on any atom is 0.213 e. The SMILES string of the molecule is [C-]#[N+]c1cc(-c2nc(-c3ccccc3)nc(-c3ccccc3)n2)c(-n2c3ccc(-c4ccccc4)cc3c3c4sc5ccc(-c6ccccc6)cc5c4ccc32)c(-n2c3ccccc3c3c4oc5ccccc5c4ccc32)c1-n1c2ccc(-c3ccccc3)cc2c2c3sc4ccc(-c5ccccc5)cc4c3ccc21. The molecule has 8 nitrogen and oxygen atoms in total. The van der Waals surface area contributed by atoms with E-state index in [0.29, 0.717) is 34.4 Å². The number of fused-ring (bicyclic) bond motifs is 21. The quantitative estimate of drug-likeness (QED) is 0.128. The molecule has 10 heteroatoms. The van der Waals surface area contributed by atoms with Gasteiger partial charge in [0.05, 0.1) is 62.1 Å². The molecule has 0 N–H and O–H groups in total. The van der Waals surface area contributed by atoms with Gasteiger partial charge in [-0.1, -0.05) is 255 Å². The Bertz CT molecular complexity index is 7760. The second-order valence-electron chi connectivity index (χ2n) is 28.3. The Kier molecular flexibility index (Phi) is 13.7. The van der Waals surface area contributed by atoms with E-state index in [2.05, 4.69) is 317 Å². The number of para-hydroxylation sites is 2. The normalized spacial score (nSPS) is 12.0. The monoisotopic (exact) mass is 1440 g/mol. The smallest absolute Gasteiger partial charge is 0.213 e. The molecule has 16 aromatic carbocycles. The number of benzene rings is 16. The minimum Gasteiger partial charge on any atom is -0.455 e. The molecule has 0 unspecified atom stereocenters. The molecule has 0 aliphatic rings. The Morgan fingerprint density at radius 1 is 0.264 bits per heavy atom. The third-order valence-electron chi connectivity index (χ3n) is 22.3. The second kappa shape index (κ2) is 24.4. The first-order valence-electron chi connectivity index (χ1n) is 36.9. The van der Waals surface area contributed by atoms with Crippen molar-refractivity contribution in [2.24, 2.45) is 0 Å². The molecule has 0 aliphatic heterocycles. The summed E-state index contributed by atoms with van der Waals surface area (Å²) in [4.78, 5) is 21.7. The fourth-order valence-corrected chi connectivity index (χ4v) is 19.8. The van der Waals surface area contributed by atoms with Gasteiger partial charge in [-0.15, -0.1) is 22.7 Å². The molecule has 0 atom stereocenters. The van der Waals surface area contributed by atoms with Crippen molar-refractivity contribution in [3.63, 3.8) is 0 Å². The Morgan fingerprint density at radius 3 is 1.13 bits per heavy atom. The first-order valence-corrected chi connectivity index (χ1v) is 38.5. The van der Waals surface area contributed by atoms with Gasteiger partial charge < -0.3 is 18.1 Å². The molecule has 0 aliphatic carbocycles. The van der Waals surface area contributed by atoms with Crippen LogP contribution in [0.15, 0.2) is 350 Å². The molecule has 0 spiro atoms. The van der Waals surface area contributed by atoms with Crippen LogP contribution in [-0.2, 0) is 0 Å². The van der Waals surface area contributed by atoms with E-state index in [0.717, 1.165) is 148 Å². The molecule has 110 heavy (non-hydrogen) atoms. The molecular formula is C100H57N7OS2. The molecule has 0 radical (unpaired) electrons. The van der Waals surface area contributed by atoms with E-state index >= 15 is 0 Å². The Hall–Kier alpha value is -14.3. The summed E-state index contributed by atoms with van der Waals surface area (Å²) in [6.07, 6.45) is 0. The van der Waals surface area contributed by atoms with Crippen molar-refractivity contribution in [2.75, 3.05) is 0 Å². The molecule has 23 aromatic rings. The third kappa shape index (κ3) is 9.39. The minimum absolute atomic E-state index is 0.389. The molecule has 0 fully saturated rings. The standard InChI is InChI=1S/C100H57N7OS2/c1-101-79-58-78(100-103-98(63-32-16-6-17-33-63)102-99(104-100)64-34-18-7-19-35-64)92(105-81-47-40-65(59-24-8-2-9-25-59)56-76(81)90-84(105)50-45-71-74-54-67(61-28-12-4-13-29-61)42-52-87(74)109-96(71)90)94(107-80-38-22-20-37-73(80)89-83(107)49-44-70-69-36-21-23-39-86(69)108-95(70)89)93(79)106-82-48-41-66(60-26-10-3-11-27-60)57-77(82)91-85(106)51-46-72-75-55-68(62-30-14-5-15-31-62)43-53-88(75)110-97(72)91/h2-58H. The van der Waals surface area contributed by atoms with Gasteiger partial charge in [-0.25, -0.2) is 19.8 Å². The molecular weight excluding hydrogens is 1380 g/mol. The molecule has 510 valence electrons. The summed E-state index contributed by atoms with van der Waals surface area (Å²) in [5.41, 5.74) is 21.1. The molecule has 23 rings (SSSR count). The van der Waals surface area contributed by atoms with Gasteiger partial charge in [-0.3, -0.25) is 0 Å². The average molecular weight is 1440 g/mol. The highest BCUT2D eigenvalue weighted by molar-refractivity contribution is 7.27. The lowest BCUT2D eigenvalue weighted by molar-refractivity contribution is 0.673. The van der Waals surface area contributed by atoms with Gasteiger partial charge in [0.25, 0.3) is 0 Å². The van der Waals surface area contributed by atoms with Gasteiger partial charge >= 0.3 is 0 Å². The number of rotatable bonds is 10. The van der Waals surface area contributed by atoms with Crippen molar-refractivity contribution in [1.29, 1.82) is 0 Å². The van der Waals surface area contributed by atoms with Crippen LogP contribution in [0.1, 0.15) is 0 Å². The average Bonchev–Trinajstić information content (AvgIpc) is 1.52. The van der Waals surface area contributed by atoms with E-state index in [1.54, 1.807) is 0 Å². The molecule has 0 saturated carbocycles. The Labute approximate surface area is 637 Å². The van der Waals surface area contributed by atoms with Crippen LogP contribution in [0.4, 0.5) is 5.69 Å². The summed E-state index contributed by atoms with van der Waals surface area (Å²) in [7, 11) is 0. The van der Waals surface area contributed by atoms with E-state index in [1.807, 2.05) is 65.1 Å². The van der Waals surface area contributed by atoms with Crippen molar-refractivity contribution in [2.45, 2.75) is 0 Å². The summed E-state index contributed by atoms with van der Waals surface area (Å²) in [6.45, 7) is 10.1. The van der Waals surface area contributed by atoms with Crippen LogP contribution in [0.2, 0.25) is 0 Å². The highest BCUT2D eigenvalue weighted by Crippen LogP contribution is 2.55. The fourth-order valence-electron chi connectivity index (χ4n) is 17.4. The zero-order valence-corrected chi connectivity index (χ0v) is 60.4. The van der Waals surface area contributed by atoms with Crippen molar-refractivity contribution in [1.82, 2.24) is 28.7 Å². The van der Waals surface area contributed by atoms with E-state index < -0.39 is 0 Å². The maximum atomic E-state index is 10.1. The lowest BCUT2D eigenvalue weighted by Gasteiger charge is -2.26. The van der Waals surface area contributed by atoms with Crippen molar-refractivity contribution >= 4 is 156 Å². The summed E-state index contributed by atoms with van der Waals surface area (Å²) in [5, 5.41) is 13.0. The van der Waals surface area contributed by atoms with Crippen LogP contribution < -0.4 is 0 Å². The largest absolute Gasteiger partial charge is 0.455 e. The van der Waals surface area contributed by atoms with Crippen LogP contribution in [0, 0.1) is 6.57 Å². The third-order valence-corrected chi connectivity index (χ3v) is 24.7. The lowest BCUT2D eigenvalue weighted by atomic mass is 10.0. The van der Waals surface area contributed by atoms with Gasteiger partial charge in [0, 0.05) is 94.7 Å². The van der Waals surface area contributed by atoms with E-state index in [9.17, 15) is 6.57 Å². The number of furan rings is 1.